The Kier molecular flexibility index (Phi) is 5.58. The molecule has 0 radical (unpaired) electrons. The van der Waals surface area contributed by atoms with Gasteiger partial charge in [0.1, 0.15) is 0 Å². The molecule has 1 heterocycles. The van der Waals surface area contributed by atoms with Crippen LogP contribution in [0, 0.1) is 5.92 Å². The van der Waals surface area contributed by atoms with Crippen LogP contribution in [0.1, 0.15) is 27.7 Å². The van der Waals surface area contributed by atoms with E-state index in [4.69, 9.17) is 4.74 Å². The summed E-state index contributed by atoms with van der Waals surface area (Å²) in [6.45, 7) is 14.2. The Morgan fingerprint density at radius 3 is 2.27 bits per heavy atom. The van der Waals surface area contributed by atoms with Gasteiger partial charge in [0.05, 0.1) is 13.2 Å². The third-order valence-corrected chi connectivity index (χ3v) is 3.18. The molecule has 1 N–H and O–H groups in total. The number of ether oxygens (including phenoxy) is 1. The van der Waals surface area contributed by atoms with Crippen molar-refractivity contribution >= 4 is 0 Å². The second kappa shape index (κ2) is 6.46. The molecule has 2 atom stereocenters. The Bertz CT molecular complexity index is 167. The zero-order valence-electron chi connectivity index (χ0n) is 10.6. The summed E-state index contributed by atoms with van der Waals surface area (Å²) < 4.78 is 5.34. The zero-order valence-corrected chi connectivity index (χ0v) is 10.6. The average Bonchev–Trinajstić information content (AvgIpc) is 2.18. The van der Waals surface area contributed by atoms with Crippen LogP contribution in [-0.2, 0) is 4.74 Å². The fourth-order valence-electron chi connectivity index (χ4n) is 1.86. The molecule has 3 nitrogen and oxygen atoms in total. The molecule has 15 heavy (non-hydrogen) atoms. The molecule has 1 fully saturated rings. The highest BCUT2D eigenvalue weighted by atomic mass is 16.5. The molecule has 90 valence electrons. The van der Waals surface area contributed by atoms with Gasteiger partial charge in [0.2, 0.25) is 0 Å². The van der Waals surface area contributed by atoms with Crippen LogP contribution >= 0.6 is 0 Å². The average molecular weight is 214 g/mol. The number of hydrogen-bond acceptors (Lipinski definition) is 3. The molecule has 0 aliphatic carbocycles. The topological polar surface area (TPSA) is 24.5 Å². The van der Waals surface area contributed by atoms with E-state index in [1.54, 1.807) is 0 Å². The Balaban J connectivity index is 2.19. The van der Waals surface area contributed by atoms with Crippen LogP contribution in [0.5, 0.6) is 0 Å². The van der Waals surface area contributed by atoms with E-state index in [1.807, 2.05) is 0 Å². The van der Waals surface area contributed by atoms with Crippen molar-refractivity contribution in [3.8, 4) is 0 Å². The number of rotatable bonds is 5. The largest absolute Gasteiger partial charge is 0.379 e. The van der Waals surface area contributed by atoms with Gasteiger partial charge in [-0.25, -0.2) is 0 Å². The first-order valence-electron chi connectivity index (χ1n) is 6.15. The molecule has 0 saturated carbocycles. The molecule has 1 saturated heterocycles. The summed E-state index contributed by atoms with van der Waals surface area (Å²) in [5, 5.41) is 3.64. The molecular weight excluding hydrogens is 188 g/mol. The minimum Gasteiger partial charge on any atom is -0.379 e. The summed E-state index contributed by atoms with van der Waals surface area (Å²) in [5.41, 5.74) is 0. The standard InChI is InChI=1S/C12H26N2O/c1-10(2)12(4)13-11(3)9-14-5-7-15-8-6-14/h10-13H,5-9H2,1-4H3. The number of morpholine rings is 1. The highest BCUT2D eigenvalue weighted by Gasteiger charge is 2.15. The van der Waals surface area contributed by atoms with E-state index in [2.05, 4.69) is 37.9 Å². The highest BCUT2D eigenvalue weighted by molar-refractivity contribution is 4.74. The molecule has 2 unspecified atom stereocenters. The maximum absolute atomic E-state index is 5.34. The van der Waals surface area contributed by atoms with Gasteiger partial charge in [-0.05, 0) is 19.8 Å². The minimum atomic E-state index is 0.570. The predicted molar refractivity (Wildman–Crippen MR) is 64.2 cm³/mol. The van der Waals surface area contributed by atoms with E-state index in [1.165, 1.54) is 0 Å². The molecule has 0 aromatic carbocycles. The van der Waals surface area contributed by atoms with E-state index in [-0.39, 0.29) is 0 Å². The van der Waals surface area contributed by atoms with Gasteiger partial charge in [-0.1, -0.05) is 13.8 Å². The minimum absolute atomic E-state index is 0.570. The Labute approximate surface area is 94.2 Å². The van der Waals surface area contributed by atoms with Gasteiger partial charge in [-0.15, -0.1) is 0 Å². The van der Waals surface area contributed by atoms with Crippen molar-refractivity contribution < 1.29 is 4.74 Å². The zero-order chi connectivity index (χ0) is 11.3. The SMILES string of the molecule is CC(CN1CCOCC1)NC(C)C(C)C. The van der Waals surface area contributed by atoms with Crippen LogP contribution in [0.25, 0.3) is 0 Å². The third-order valence-electron chi connectivity index (χ3n) is 3.18. The fourth-order valence-corrected chi connectivity index (χ4v) is 1.86. The molecule has 1 rings (SSSR count). The second-order valence-electron chi connectivity index (χ2n) is 5.01. The predicted octanol–water partition coefficient (Wildman–Crippen LogP) is 1.34. The van der Waals surface area contributed by atoms with Crippen molar-refractivity contribution in [1.29, 1.82) is 0 Å². The molecule has 1 aliphatic heterocycles. The third kappa shape index (κ3) is 4.96. The maximum Gasteiger partial charge on any atom is 0.0594 e. The molecule has 3 heteroatoms. The van der Waals surface area contributed by atoms with Gasteiger partial charge in [0.25, 0.3) is 0 Å². The van der Waals surface area contributed by atoms with E-state index in [0.29, 0.717) is 18.0 Å². The molecule has 0 aromatic rings. The lowest BCUT2D eigenvalue weighted by Gasteiger charge is -2.31. The second-order valence-corrected chi connectivity index (χ2v) is 5.01. The van der Waals surface area contributed by atoms with Crippen LogP contribution in [0.2, 0.25) is 0 Å². The Morgan fingerprint density at radius 1 is 1.13 bits per heavy atom. The van der Waals surface area contributed by atoms with Crippen LogP contribution in [0.3, 0.4) is 0 Å². The van der Waals surface area contributed by atoms with Gasteiger partial charge < -0.3 is 10.1 Å². The van der Waals surface area contributed by atoms with Crippen LogP contribution in [0.4, 0.5) is 0 Å². The van der Waals surface area contributed by atoms with Crippen LogP contribution < -0.4 is 5.32 Å². The normalized spacial score (nSPS) is 23.0. The summed E-state index contributed by atoms with van der Waals surface area (Å²) in [7, 11) is 0. The lowest BCUT2D eigenvalue weighted by atomic mass is 10.1. The molecule has 0 aromatic heterocycles. The lowest BCUT2D eigenvalue weighted by molar-refractivity contribution is 0.0336. The molecule has 0 amide bonds. The first-order valence-corrected chi connectivity index (χ1v) is 6.15. The summed E-state index contributed by atoms with van der Waals surface area (Å²) in [6, 6.07) is 1.17. The highest BCUT2D eigenvalue weighted by Crippen LogP contribution is 2.03. The van der Waals surface area contributed by atoms with Crippen molar-refractivity contribution in [2.24, 2.45) is 5.92 Å². The molecule has 0 bridgehead atoms. The van der Waals surface area contributed by atoms with Crippen LogP contribution in [0.15, 0.2) is 0 Å². The lowest BCUT2D eigenvalue weighted by Crippen LogP contribution is -2.47. The summed E-state index contributed by atoms with van der Waals surface area (Å²) in [5.74, 6) is 0.706. The van der Waals surface area contributed by atoms with Gasteiger partial charge >= 0.3 is 0 Å². The van der Waals surface area contributed by atoms with E-state index in [9.17, 15) is 0 Å². The number of hydrogen-bond donors (Lipinski definition) is 1. The van der Waals surface area contributed by atoms with Crippen molar-refractivity contribution in [3.63, 3.8) is 0 Å². The monoisotopic (exact) mass is 214 g/mol. The van der Waals surface area contributed by atoms with E-state index >= 15 is 0 Å². The smallest absolute Gasteiger partial charge is 0.0594 e. The van der Waals surface area contributed by atoms with Crippen molar-refractivity contribution in [3.05, 3.63) is 0 Å². The van der Waals surface area contributed by atoms with Crippen molar-refractivity contribution in [2.75, 3.05) is 32.8 Å². The number of nitrogens with one attached hydrogen (secondary N) is 1. The van der Waals surface area contributed by atoms with Crippen LogP contribution in [-0.4, -0.2) is 49.8 Å². The Hall–Kier alpha value is -0.120. The summed E-state index contributed by atoms with van der Waals surface area (Å²) >= 11 is 0. The van der Waals surface area contributed by atoms with Gasteiger partial charge in [-0.2, -0.15) is 0 Å². The Morgan fingerprint density at radius 2 is 1.73 bits per heavy atom. The van der Waals surface area contributed by atoms with Gasteiger partial charge in [0.15, 0.2) is 0 Å². The molecule has 1 aliphatic rings. The summed E-state index contributed by atoms with van der Waals surface area (Å²) in [4.78, 5) is 2.48. The first-order chi connectivity index (χ1) is 7.09. The number of nitrogens with zero attached hydrogens (tertiary/aromatic N) is 1. The first kappa shape index (κ1) is 12.9. The van der Waals surface area contributed by atoms with Crippen molar-refractivity contribution in [1.82, 2.24) is 10.2 Å². The van der Waals surface area contributed by atoms with E-state index < -0.39 is 0 Å². The maximum atomic E-state index is 5.34. The van der Waals surface area contributed by atoms with Gasteiger partial charge in [-0.3, -0.25) is 4.90 Å². The summed E-state index contributed by atoms with van der Waals surface area (Å²) in [6.07, 6.45) is 0. The molecule has 0 spiro atoms. The van der Waals surface area contributed by atoms with Crippen molar-refractivity contribution in [2.45, 2.75) is 39.8 Å². The molecular formula is C12H26N2O. The van der Waals surface area contributed by atoms with Gasteiger partial charge in [0, 0.05) is 31.7 Å². The fraction of sp³-hybridized carbons (Fsp3) is 1.00. The van der Waals surface area contributed by atoms with E-state index in [0.717, 1.165) is 32.8 Å². The quantitative estimate of drug-likeness (QED) is 0.747.